The lowest BCUT2D eigenvalue weighted by molar-refractivity contribution is 0.781. The highest BCUT2D eigenvalue weighted by Crippen LogP contribution is 2.19. The number of nitrogens with zero attached hydrogens (tertiary/aromatic N) is 3. The van der Waals surface area contributed by atoms with Gasteiger partial charge in [-0.25, -0.2) is 9.97 Å². The molecular weight excluding hydrogens is 302 g/mol. The lowest BCUT2D eigenvalue weighted by Gasteiger charge is -2.10. The first kappa shape index (κ1) is 18.1. The van der Waals surface area contributed by atoms with Crippen LogP contribution in [0, 0.1) is 0 Å². The summed E-state index contributed by atoms with van der Waals surface area (Å²) in [5, 5.41) is 7.49. The summed E-state index contributed by atoms with van der Waals surface area (Å²) < 4.78 is 0. The number of aliphatic imine (C=N–C) groups is 1. The van der Waals surface area contributed by atoms with Crippen LogP contribution in [0.2, 0.25) is 0 Å². The summed E-state index contributed by atoms with van der Waals surface area (Å²) in [5.74, 6) is 1.39. The predicted octanol–water partition coefficient (Wildman–Crippen LogP) is 1.94. The molecule has 6 nitrogen and oxygen atoms in total. The number of rotatable bonds is 4. The van der Waals surface area contributed by atoms with E-state index in [1.165, 1.54) is 0 Å². The summed E-state index contributed by atoms with van der Waals surface area (Å²) in [7, 11) is 0. The van der Waals surface area contributed by atoms with E-state index in [2.05, 4.69) is 38.6 Å². The van der Waals surface area contributed by atoms with E-state index in [0.29, 0.717) is 5.95 Å². The minimum atomic E-state index is 0. The summed E-state index contributed by atoms with van der Waals surface area (Å²) in [6.07, 6.45) is 3.28. The fourth-order valence-electron chi connectivity index (χ4n) is 2.32. The Hall–Kier alpha value is -1.92. The van der Waals surface area contributed by atoms with Gasteiger partial charge in [0.1, 0.15) is 0 Å². The zero-order valence-corrected chi connectivity index (χ0v) is 13.4. The maximum absolute atomic E-state index is 4.66. The van der Waals surface area contributed by atoms with E-state index in [9.17, 15) is 0 Å². The average molecular weight is 324 g/mol. The molecule has 2 aromatic rings. The number of para-hydroxylation sites is 1. The van der Waals surface area contributed by atoms with Crippen molar-refractivity contribution in [3.63, 3.8) is 0 Å². The van der Waals surface area contributed by atoms with Gasteiger partial charge in [-0.3, -0.25) is 10.3 Å². The first-order chi connectivity index (χ1) is 9.86. The van der Waals surface area contributed by atoms with Crippen LogP contribution in [-0.4, -0.2) is 34.5 Å². The normalized spacial score (nSPS) is 12.9. The van der Waals surface area contributed by atoms with Gasteiger partial charge in [0, 0.05) is 11.9 Å². The third-order valence-electron chi connectivity index (χ3n) is 3.35. The second-order valence-electron chi connectivity index (χ2n) is 4.90. The first-order valence-electron chi connectivity index (χ1n) is 7.18. The highest BCUT2D eigenvalue weighted by molar-refractivity contribution is 5.94. The van der Waals surface area contributed by atoms with E-state index in [1.54, 1.807) is 0 Å². The molecule has 0 saturated heterocycles. The van der Waals surface area contributed by atoms with Gasteiger partial charge in [0.05, 0.1) is 17.8 Å². The number of aromatic nitrogens is 2. The van der Waals surface area contributed by atoms with Crippen molar-refractivity contribution in [2.75, 3.05) is 18.4 Å². The molecule has 1 aliphatic rings. The van der Waals surface area contributed by atoms with Crippen LogP contribution in [0.5, 0.6) is 0 Å². The summed E-state index contributed by atoms with van der Waals surface area (Å²) in [5.41, 5.74) is 2.09. The Morgan fingerprint density at radius 2 is 2.05 bits per heavy atom. The molecule has 0 saturated carbocycles. The van der Waals surface area contributed by atoms with Crippen molar-refractivity contribution in [2.45, 2.75) is 26.2 Å². The van der Waals surface area contributed by atoms with Crippen LogP contribution in [0.25, 0.3) is 10.9 Å². The topological polar surface area (TPSA) is 93.7 Å². The molecule has 1 aromatic heterocycles. The van der Waals surface area contributed by atoms with Crippen molar-refractivity contribution in [1.82, 2.24) is 15.3 Å². The van der Waals surface area contributed by atoms with Crippen molar-refractivity contribution in [2.24, 2.45) is 4.99 Å². The van der Waals surface area contributed by atoms with E-state index in [0.717, 1.165) is 54.9 Å². The van der Waals surface area contributed by atoms with Gasteiger partial charge in [-0.1, -0.05) is 31.5 Å². The van der Waals surface area contributed by atoms with Gasteiger partial charge in [0.15, 0.2) is 5.96 Å². The molecule has 0 atom stereocenters. The summed E-state index contributed by atoms with van der Waals surface area (Å²) in [6.45, 7) is 3.87. The summed E-state index contributed by atoms with van der Waals surface area (Å²) >= 11 is 0. The molecule has 4 N–H and O–H groups in total. The fraction of sp³-hybridized carbons (Fsp3) is 0.400. The number of nitrogens with one attached hydrogen (secondary N) is 2. The molecule has 0 bridgehead atoms. The third-order valence-corrected chi connectivity index (χ3v) is 3.35. The minimum absolute atomic E-state index is 0. The van der Waals surface area contributed by atoms with Gasteiger partial charge in [-0.15, -0.1) is 12.4 Å². The number of fused-ring (bicyclic) bond motifs is 1. The molecule has 0 aliphatic carbocycles. The monoisotopic (exact) mass is 323 g/mol. The highest BCUT2D eigenvalue weighted by atomic mass is 35.5. The van der Waals surface area contributed by atoms with Crippen LogP contribution in [0.1, 0.15) is 25.5 Å². The number of hydrogen-bond acceptors (Lipinski definition) is 5. The Balaban J connectivity index is 0.00000121. The van der Waals surface area contributed by atoms with E-state index in [4.69, 9.17) is 0 Å². The molecule has 22 heavy (non-hydrogen) atoms. The summed E-state index contributed by atoms with van der Waals surface area (Å²) in [4.78, 5) is 13.5. The van der Waals surface area contributed by atoms with Crippen LogP contribution in [-0.2, 0) is 6.42 Å². The van der Waals surface area contributed by atoms with Gasteiger partial charge in [-0.05, 0) is 18.9 Å². The highest BCUT2D eigenvalue weighted by Gasteiger charge is 2.10. The smallest absolute Gasteiger partial charge is 0.230 e. The van der Waals surface area contributed by atoms with Crippen LogP contribution in [0.15, 0.2) is 29.3 Å². The molecule has 2 heterocycles. The predicted molar refractivity (Wildman–Crippen MR) is 92.9 cm³/mol. The van der Waals surface area contributed by atoms with Crippen LogP contribution in [0.3, 0.4) is 0 Å². The standard InChI is InChI=1S/C15H19N5.ClH.H2O/c1-2-3-7-12-11-6-4-5-8-13(11)19-15(18-12)20-14-16-9-10-17-14;;/h4-6,8H,2-3,7,9-10H2,1H3,(H2,16,17,18,19,20);1H;1H2. The summed E-state index contributed by atoms with van der Waals surface area (Å²) in [6, 6.07) is 8.17. The third kappa shape index (κ3) is 4.05. The van der Waals surface area contributed by atoms with Crippen LogP contribution >= 0.6 is 12.4 Å². The number of anilines is 1. The average Bonchev–Trinajstić information content (AvgIpc) is 2.97. The maximum Gasteiger partial charge on any atom is 0.230 e. The molecule has 0 amide bonds. The molecule has 0 radical (unpaired) electrons. The molecule has 0 fully saturated rings. The Kier molecular flexibility index (Phi) is 7.01. The number of unbranched alkanes of at least 4 members (excludes halogenated alkanes) is 1. The van der Waals surface area contributed by atoms with Gasteiger partial charge in [0.25, 0.3) is 0 Å². The quantitative estimate of drug-likeness (QED) is 0.899. The molecule has 1 aromatic carbocycles. The van der Waals surface area contributed by atoms with E-state index >= 15 is 0 Å². The van der Waals surface area contributed by atoms with Gasteiger partial charge < -0.3 is 10.8 Å². The molecule has 0 unspecified atom stereocenters. The number of aryl methyl sites for hydroxylation is 1. The van der Waals surface area contributed by atoms with E-state index in [1.807, 2.05) is 18.2 Å². The Morgan fingerprint density at radius 3 is 2.77 bits per heavy atom. The molecular formula is C15H22ClN5O. The van der Waals surface area contributed by atoms with Crippen molar-refractivity contribution < 1.29 is 5.48 Å². The van der Waals surface area contributed by atoms with Crippen molar-refractivity contribution in [3.05, 3.63) is 30.0 Å². The van der Waals surface area contributed by atoms with Crippen LogP contribution < -0.4 is 10.6 Å². The molecule has 1 aliphatic heterocycles. The minimum Gasteiger partial charge on any atom is -0.412 e. The lowest BCUT2D eigenvalue weighted by atomic mass is 10.1. The fourth-order valence-corrected chi connectivity index (χ4v) is 2.32. The van der Waals surface area contributed by atoms with Crippen molar-refractivity contribution in [3.8, 4) is 0 Å². The zero-order valence-electron chi connectivity index (χ0n) is 12.6. The molecule has 120 valence electrons. The Bertz CT molecular complexity index is 647. The number of hydrogen-bond donors (Lipinski definition) is 2. The molecule has 7 heteroatoms. The second-order valence-corrected chi connectivity index (χ2v) is 4.90. The van der Waals surface area contributed by atoms with Crippen LogP contribution in [0.4, 0.5) is 5.95 Å². The van der Waals surface area contributed by atoms with E-state index < -0.39 is 0 Å². The molecule has 3 rings (SSSR count). The van der Waals surface area contributed by atoms with Crippen molar-refractivity contribution >= 4 is 35.2 Å². The lowest BCUT2D eigenvalue weighted by Crippen LogP contribution is -2.27. The van der Waals surface area contributed by atoms with E-state index in [-0.39, 0.29) is 17.9 Å². The second kappa shape index (κ2) is 8.51. The van der Waals surface area contributed by atoms with Gasteiger partial charge in [-0.2, -0.15) is 0 Å². The Labute approximate surface area is 136 Å². The SMILES string of the molecule is CCCCc1nc(NC2=NCCN2)nc2ccccc12.Cl.O. The number of guanidine groups is 1. The largest absolute Gasteiger partial charge is 0.412 e. The van der Waals surface area contributed by atoms with Crippen molar-refractivity contribution in [1.29, 1.82) is 0 Å². The maximum atomic E-state index is 4.66. The van der Waals surface area contributed by atoms with Gasteiger partial charge >= 0.3 is 0 Å². The Morgan fingerprint density at radius 1 is 1.23 bits per heavy atom. The van der Waals surface area contributed by atoms with Gasteiger partial charge in [0.2, 0.25) is 5.95 Å². The zero-order chi connectivity index (χ0) is 13.8. The first-order valence-corrected chi connectivity index (χ1v) is 7.18. The number of benzene rings is 1. The molecule has 0 spiro atoms. The number of halogens is 1.